The van der Waals surface area contributed by atoms with Gasteiger partial charge in [-0.3, -0.25) is 10.1 Å². The number of carboxylic acid groups (broad SMARTS) is 2. The quantitative estimate of drug-likeness (QED) is 0.465. The van der Waals surface area contributed by atoms with E-state index >= 15 is 0 Å². The van der Waals surface area contributed by atoms with Gasteiger partial charge in [-0.15, -0.1) is 0 Å². The number of fused-ring (bicyclic) bond motifs is 1. The first kappa shape index (κ1) is 25.3. The highest BCUT2D eigenvalue weighted by molar-refractivity contribution is 5.91. The van der Waals surface area contributed by atoms with Crippen molar-refractivity contribution in [3.05, 3.63) is 30.3 Å². The molecule has 0 aromatic heterocycles. The molecule has 10 heteroatoms. The lowest BCUT2D eigenvalue weighted by molar-refractivity contribution is -0.159. The molecule has 2 fully saturated rings. The van der Waals surface area contributed by atoms with E-state index in [0.29, 0.717) is 5.69 Å². The lowest BCUT2D eigenvalue weighted by atomic mass is 9.62. The second-order valence-corrected chi connectivity index (χ2v) is 9.89. The molecule has 5 unspecified atom stereocenters. The van der Waals surface area contributed by atoms with Crippen LogP contribution in [0.3, 0.4) is 0 Å². The molecule has 2 saturated carbocycles. The van der Waals surface area contributed by atoms with Gasteiger partial charge in [-0.1, -0.05) is 32.0 Å². The number of aliphatic carboxylic acids is 2. The molecule has 186 valence electrons. The topological polar surface area (TPSA) is 151 Å². The molecule has 0 bridgehead atoms. The molecule has 4 N–H and O–H groups in total. The first-order chi connectivity index (χ1) is 15.8. The van der Waals surface area contributed by atoms with Gasteiger partial charge >= 0.3 is 24.1 Å². The van der Waals surface area contributed by atoms with Crippen molar-refractivity contribution >= 4 is 29.8 Å². The summed E-state index contributed by atoms with van der Waals surface area (Å²) in [7, 11) is 0. The molecule has 2 amide bonds. The number of rotatable bonds is 7. The van der Waals surface area contributed by atoms with Gasteiger partial charge in [-0.2, -0.15) is 0 Å². The van der Waals surface area contributed by atoms with Gasteiger partial charge in [0.05, 0.1) is 5.92 Å². The molecule has 0 aliphatic heterocycles. The first-order valence-electron chi connectivity index (χ1n) is 11.3. The van der Waals surface area contributed by atoms with E-state index in [1.807, 2.05) is 0 Å². The summed E-state index contributed by atoms with van der Waals surface area (Å²) in [5.41, 5.74) is -3.68. The van der Waals surface area contributed by atoms with E-state index in [2.05, 4.69) is 10.6 Å². The normalized spacial score (nSPS) is 28.9. The van der Waals surface area contributed by atoms with E-state index < -0.39 is 64.5 Å². The van der Waals surface area contributed by atoms with E-state index in [9.17, 15) is 29.4 Å². The molecule has 0 spiro atoms. The number of carboxylic acids is 2. The maximum Gasteiger partial charge on any atom is 0.411 e. The summed E-state index contributed by atoms with van der Waals surface area (Å²) in [4.78, 5) is 50.5. The van der Waals surface area contributed by atoms with Gasteiger partial charge < -0.3 is 25.0 Å². The van der Waals surface area contributed by atoms with Crippen molar-refractivity contribution < 1.29 is 38.9 Å². The van der Waals surface area contributed by atoms with E-state index in [1.54, 1.807) is 65.0 Å². The molecule has 34 heavy (non-hydrogen) atoms. The standard InChI is InChI=1S/C24H32N2O8/c1-6-23(7-2)17(33-20(31)25-13-11-9-8-10-12-13)14-15(18(27)28)16(14)24(23,19(29)30)26-21(32)34-22(3,4)5/h8-12,14-17H,6-7H2,1-5H3,(H,25,31)(H,26,32)(H,27,28)(H,29,30). The lowest BCUT2D eigenvalue weighted by Crippen LogP contribution is -2.68. The Morgan fingerprint density at radius 1 is 1.00 bits per heavy atom. The third-order valence-corrected chi connectivity index (χ3v) is 7.09. The van der Waals surface area contributed by atoms with Gasteiger partial charge in [0, 0.05) is 22.9 Å². The van der Waals surface area contributed by atoms with Crippen LogP contribution in [0.5, 0.6) is 0 Å². The number of alkyl carbamates (subject to hydrolysis) is 1. The molecular weight excluding hydrogens is 444 g/mol. The summed E-state index contributed by atoms with van der Waals surface area (Å²) in [6.07, 6.45) is -2.41. The molecule has 5 atom stereocenters. The number of carbonyl (C=O) groups excluding carboxylic acids is 2. The molecule has 2 aliphatic carbocycles. The van der Waals surface area contributed by atoms with Gasteiger partial charge in [-0.25, -0.2) is 14.4 Å². The predicted molar refractivity (Wildman–Crippen MR) is 121 cm³/mol. The fraction of sp³-hybridized carbons (Fsp3) is 0.583. The Bertz CT molecular complexity index is 969. The summed E-state index contributed by atoms with van der Waals surface area (Å²) >= 11 is 0. The summed E-state index contributed by atoms with van der Waals surface area (Å²) in [6.45, 7) is 8.40. The fourth-order valence-corrected chi connectivity index (χ4v) is 5.78. The zero-order chi connectivity index (χ0) is 25.5. The monoisotopic (exact) mass is 476 g/mol. The summed E-state index contributed by atoms with van der Waals surface area (Å²) in [6, 6.07) is 8.56. The van der Waals surface area contributed by atoms with Crippen LogP contribution in [0.25, 0.3) is 0 Å². The molecule has 2 aliphatic rings. The van der Waals surface area contributed by atoms with Crippen LogP contribution >= 0.6 is 0 Å². The van der Waals surface area contributed by atoms with Gasteiger partial charge in [0.25, 0.3) is 0 Å². The minimum absolute atomic E-state index is 0.216. The summed E-state index contributed by atoms with van der Waals surface area (Å²) in [5.74, 6) is -5.42. The summed E-state index contributed by atoms with van der Waals surface area (Å²) < 4.78 is 11.1. The van der Waals surface area contributed by atoms with Crippen molar-refractivity contribution in [1.82, 2.24) is 5.32 Å². The Morgan fingerprint density at radius 3 is 2.06 bits per heavy atom. The van der Waals surface area contributed by atoms with Crippen molar-refractivity contribution in [2.45, 2.75) is 64.7 Å². The SMILES string of the molecule is CCC1(CC)C(OC(=O)Nc2ccccc2)C2C(C(=O)O)C2C1(NC(=O)OC(C)(C)C)C(=O)O. The van der Waals surface area contributed by atoms with Crippen LogP contribution in [0.1, 0.15) is 47.5 Å². The number of para-hydroxylation sites is 1. The molecule has 1 aromatic carbocycles. The molecule has 0 saturated heterocycles. The summed E-state index contributed by atoms with van der Waals surface area (Å²) in [5, 5.41) is 25.4. The Morgan fingerprint density at radius 2 is 1.59 bits per heavy atom. The Labute approximate surface area is 198 Å². The van der Waals surface area contributed by atoms with Crippen LogP contribution in [0.2, 0.25) is 0 Å². The second-order valence-electron chi connectivity index (χ2n) is 9.89. The van der Waals surface area contributed by atoms with Gasteiger partial charge in [0.1, 0.15) is 11.7 Å². The third kappa shape index (κ3) is 4.05. The van der Waals surface area contributed by atoms with Crippen molar-refractivity contribution in [2.75, 3.05) is 5.32 Å². The minimum Gasteiger partial charge on any atom is -0.481 e. The zero-order valence-corrected chi connectivity index (χ0v) is 20.0. The largest absolute Gasteiger partial charge is 0.481 e. The van der Waals surface area contributed by atoms with Crippen LogP contribution in [-0.2, 0) is 19.1 Å². The zero-order valence-electron chi connectivity index (χ0n) is 20.0. The van der Waals surface area contributed by atoms with E-state index in [0.717, 1.165) is 0 Å². The van der Waals surface area contributed by atoms with Crippen LogP contribution in [-0.4, -0.2) is 51.6 Å². The maximum atomic E-state index is 12.9. The van der Waals surface area contributed by atoms with E-state index in [-0.39, 0.29) is 12.8 Å². The van der Waals surface area contributed by atoms with Crippen molar-refractivity contribution in [3.8, 4) is 0 Å². The highest BCUT2D eigenvalue weighted by atomic mass is 16.6. The highest BCUT2D eigenvalue weighted by Gasteiger charge is 2.85. The molecular formula is C24H32N2O8. The molecule has 0 radical (unpaired) electrons. The number of nitrogens with one attached hydrogen (secondary N) is 2. The molecule has 1 aromatic rings. The number of hydrogen-bond acceptors (Lipinski definition) is 6. The minimum atomic E-state index is -2.00. The number of carbonyl (C=O) groups is 4. The third-order valence-electron chi connectivity index (χ3n) is 7.09. The number of amides is 2. The Kier molecular flexibility index (Phi) is 6.56. The van der Waals surface area contributed by atoms with Crippen LogP contribution in [0.4, 0.5) is 15.3 Å². The van der Waals surface area contributed by atoms with Crippen molar-refractivity contribution in [2.24, 2.45) is 23.2 Å². The van der Waals surface area contributed by atoms with Gasteiger partial charge in [-0.05, 0) is 45.7 Å². The van der Waals surface area contributed by atoms with Crippen LogP contribution in [0, 0.1) is 23.2 Å². The molecule has 10 nitrogen and oxygen atoms in total. The first-order valence-corrected chi connectivity index (χ1v) is 11.3. The average Bonchev–Trinajstić information content (AvgIpc) is 3.43. The highest BCUT2D eigenvalue weighted by Crippen LogP contribution is 2.72. The Hall–Kier alpha value is -3.30. The van der Waals surface area contributed by atoms with Crippen molar-refractivity contribution in [1.29, 1.82) is 0 Å². The van der Waals surface area contributed by atoms with E-state index in [1.165, 1.54) is 0 Å². The average molecular weight is 477 g/mol. The number of benzene rings is 1. The van der Waals surface area contributed by atoms with E-state index in [4.69, 9.17) is 9.47 Å². The van der Waals surface area contributed by atoms with Crippen molar-refractivity contribution in [3.63, 3.8) is 0 Å². The fourth-order valence-electron chi connectivity index (χ4n) is 5.78. The number of anilines is 1. The maximum absolute atomic E-state index is 12.9. The second kappa shape index (κ2) is 8.81. The Balaban J connectivity index is 2.02. The number of ether oxygens (including phenoxy) is 2. The predicted octanol–water partition coefficient (Wildman–Crippen LogP) is 3.72. The lowest BCUT2D eigenvalue weighted by Gasteiger charge is -2.48. The molecule has 0 heterocycles. The van der Waals surface area contributed by atoms with Crippen LogP contribution < -0.4 is 10.6 Å². The molecule has 3 rings (SSSR count). The van der Waals surface area contributed by atoms with Gasteiger partial charge in [0.15, 0.2) is 5.54 Å². The van der Waals surface area contributed by atoms with Crippen LogP contribution in [0.15, 0.2) is 30.3 Å². The number of hydrogen-bond donors (Lipinski definition) is 4. The van der Waals surface area contributed by atoms with Gasteiger partial charge in [0.2, 0.25) is 0 Å². The smallest absolute Gasteiger partial charge is 0.411 e.